The van der Waals surface area contributed by atoms with E-state index in [0.29, 0.717) is 13.0 Å². The Hall–Kier alpha value is -2.84. The third kappa shape index (κ3) is 5.08. The standard InChI is InChI=1S/C23H27N3O4S/c1-24-31(28,29)16-18-9-10-22-21(12-18)19(14-25-22)13-20-8-5-11-26(20)23(27)30-15-17-6-3-2-4-7-17/h2-4,6-7,9-10,12,14,20,24-25H,5,8,11,13,15-16H2,1H3/t20-/m1/s1. The number of hydrogen-bond donors (Lipinski definition) is 2. The van der Waals surface area contributed by atoms with E-state index in [1.54, 1.807) is 0 Å². The molecule has 3 aromatic rings. The molecule has 0 radical (unpaired) electrons. The average molecular weight is 442 g/mol. The molecule has 1 aliphatic heterocycles. The maximum Gasteiger partial charge on any atom is 0.410 e. The second-order valence-corrected chi connectivity index (χ2v) is 9.82. The number of aromatic amines is 1. The SMILES string of the molecule is CNS(=O)(=O)Cc1ccc2[nH]cc(C[C@H]3CCCN3C(=O)OCc3ccccc3)c2c1. The lowest BCUT2D eigenvalue weighted by Crippen LogP contribution is -2.37. The number of fused-ring (bicyclic) bond motifs is 1. The summed E-state index contributed by atoms with van der Waals surface area (Å²) in [6, 6.07) is 15.4. The van der Waals surface area contributed by atoms with Gasteiger partial charge in [-0.1, -0.05) is 36.4 Å². The first-order valence-corrected chi connectivity index (χ1v) is 12.1. The Bertz CT molecular complexity index is 1160. The molecule has 0 aliphatic carbocycles. The van der Waals surface area contributed by atoms with Gasteiger partial charge in [0.1, 0.15) is 6.61 Å². The van der Waals surface area contributed by atoms with Gasteiger partial charge in [0.25, 0.3) is 0 Å². The lowest BCUT2D eigenvalue weighted by atomic mass is 10.0. The summed E-state index contributed by atoms with van der Waals surface area (Å²) < 4.78 is 31.7. The molecule has 0 saturated carbocycles. The molecule has 1 fully saturated rings. The number of rotatable bonds is 7. The quantitative estimate of drug-likeness (QED) is 0.586. The van der Waals surface area contributed by atoms with Crippen molar-refractivity contribution in [3.63, 3.8) is 0 Å². The summed E-state index contributed by atoms with van der Waals surface area (Å²) in [7, 11) is -1.92. The molecule has 1 aromatic heterocycles. The summed E-state index contributed by atoms with van der Waals surface area (Å²) in [4.78, 5) is 17.8. The molecular weight excluding hydrogens is 414 g/mol. The van der Waals surface area contributed by atoms with Gasteiger partial charge in [-0.15, -0.1) is 0 Å². The van der Waals surface area contributed by atoms with Gasteiger partial charge in [-0.2, -0.15) is 0 Å². The van der Waals surface area contributed by atoms with Crippen molar-refractivity contribution in [1.82, 2.24) is 14.6 Å². The molecule has 0 bridgehead atoms. The van der Waals surface area contributed by atoms with Gasteiger partial charge in [0, 0.05) is 29.7 Å². The molecule has 8 heteroatoms. The molecule has 1 amide bonds. The van der Waals surface area contributed by atoms with Crippen molar-refractivity contribution < 1.29 is 17.9 Å². The Labute approximate surface area is 182 Å². The minimum atomic E-state index is -3.34. The van der Waals surface area contributed by atoms with Crippen LogP contribution in [-0.2, 0) is 33.5 Å². The highest BCUT2D eigenvalue weighted by Gasteiger charge is 2.30. The Morgan fingerprint density at radius 3 is 2.77 bits per heavy atom. The molecule has 2 aromatic carbocycles. The first-order valence-electron chi connectivity index (χ1n) is 10.4. The van der Waals surface area contributed by atoms with E-state index in [4.69, 9.17) is 4.74 Å². The lowest BCUT2D eigenvalue weighted by molar-refractivity contribution is 0.0921. The Morgan fingerprint density at radius 2 is 2.00 bits per heavy atom. The van der Waals surface area contributed by atoms with Crippen LogP contribution in [0.15, 0.2) is 54.7 Å². The van der Waals surface area contributed by atoms with Crippen LogP contribution in [0.1, 0.15) is 29.5 Å². The van der Waals surface area contributed by atoms with E-state index in [2.05, 4.69) is 9.71 Å². The maximum absolute atomic E-state index is 12.7. The minimum Gasteiger partial charge on any atom is -0.445 e. The highest BCUT2D eigenvalue weighted by Crippen LogP contribution is 2.27. The summed E-state index contributed by atoms with van der Waals surface area (Å²) in [6.07, 6.45) is 4.22. The van der Waals surface area contributed by atoms with Crippen LogP contribution in [0.3, 0.4) is 0 Å². The van der Waals surface area contributed by atoms with Gasteiger partial charge < -0.3 is 14.6 Å². The molecule has 7 nitrogen and oxygen atoms in total. The van der Waals surface area contributed by atoms with E-state index in [1.807, 2.05) is 59.6 Å². The maximum atomic E-state index is 12.7. The van der Waals surface area contributed by atoms with Crippen LogP contribution in [0.2, 0.25) is 0 Å². The zero-order valence-electron chi connectivity index (χ0n) is 17.5. The van der Waals surface area contributed by atoms with Crippen LogP contribution in [0.4, 0.5) is 4.79 Å². The fourth-order valence-electron chi connectivity index (χ4n) is 4.12. The molecule has 164 valence electrons. The molecule has 2 N–H and O–H groups in total. The number of nitrogens with one attached hydrogen (secondary N) is 2. The van der Waals surface area contributed by atoms with Gasteiger partial charge in [0.2, 0.25) is 10.0 Å². The molecule has 1 atom stereocenters. The van der Waals surface area contributed by atoms with Crippen LogP contribution in [0.5, 0.6) is 0 Å². The van der Waals surface area contributed by atoms with E-state index < -0.39 is 10.0 Å². The Morgan fingerprint density at radius 1 is 1.19 bits per heavy atom. The summed E-state index contributed by atoms with van der Waals surface area (Å²) >= 11 is 0. The smallest absolute Gasteiger partial charge is 0.410 e. The number of sulfonamides is 1. The third-order valence-corrected chi connectivity index (χ3v) is 7.11. The van der Waals surface area contributed by atoms with Gasteiger partial charge in [-0.25, -0.2) is 17.9 Å². The zero-order chi connectivity index (χ0) is 21.8. The first kappa shape index (κ1) is 21.4. The normalized spacial score (nSPS) is 16.7. The minimum absolute atomic E-state index is 0.0620. The summed E-state index contributed by atoms with van der Waals surface area (Å²) in [6.45, 7) is 0.950. The number of amides is 1. The largest absolute Gasteiger partial charge is 0.445 e. The molecule has 0 spiro atoms. The van der Waals surface area contributed by atoms with Crippen LogP contribution in [-0.4, -0.2) is 44.0 Å². The number of likely N-dealkylation sites (tertiary alicyclic amines) is 1. The topological polar surface area (TPSA) is 91.5 Å². The lowest BCUT2D eigenvalue weighted by Gasteiger charge is -2.24. The molecule has 2 heterocycles. The molecule has 1 aliphatic rings. The van der Waals surface area contributed by atoms with Crippen molar-refractivity contribution in [3.8, 4) is 0 Å². The molecule has 4 rings (SSSR count). The van der Waals surface area contributed by atoms with Gasteiger partial charge in [-0.3, -0.25) is 0 Å². The molecule has 1 saturated heterocycles. The summed E-state index contributed by atoms with van der Waals surface area (Å²) in [5.41, 5.74) is 3.73. The second kappa shape index (κ2) is 9.11. The van der Waals surface area contributed by atoms with Gasteiger partial charge >= 0.3 is 6.09 Å². The van der Waals surface area contributed by atoms with E-state index in [9.17, 15) is 13.2 Å². The zero-order valence-corrected chi connectivity index (χ0v) is 18.3. The molecule has 0 unspecified atom stereocenters. The Kier molecular flexibility index (Phi) is 6.29. The fraction of sp³-hybridized carbons (Fsp3) is 0.348. The number of aromatic nitrogens is 1. The van der Waals surface area contributed by atoms with Crippen molar-refractivity contribution in [3.05, 3.63) is 71.4 Å². The average Bonchev–Trinajstić information content (AvgIpc) is 3.40. The second-order valence-electron chi connectivity index (χ2n) is 7.89. The van der Waals surface area contributed by atoms with E-state index in [1.165, 1.54) is 7.05 Å². The van der Waals surface area contributed by atoms with E-state index >= 15 is 0 Å². The van der Waals surface area contributed by atoms with E-state index in [-0.39, 0.29) is 24.5 Å². The number of nitrogens with zero attached hydrogens (tertiary/aromatic N) is 1. The number of carbonyl (C=O) groups is 1. The molecular formula is C23H27N3O4S. The van der Waals surface area contributed by atoms with Crippen molar-refractivity contribution >= 4 is 27.0 Å². The highest BCUT2D eigenvalue weighted by atomic mass is 32.2. The number of carbonyl (C=O) groups excluding carboxylic acids is 1. The van der Waals surface area contributed by atoms with Gasteiger partial charge in [0.05, 0.1) is 5.75 Å². The number of hydrogen-bond acceptors (Lipinski definition) is 4. The van der Waals surface area contributed by atoms with E-state index in [0.717, 1.165) is 40.4 Å². The van der Waals surface area contributed by atoms with Crippen LogP contribution >= 0.6 is 0 Å². The third-order valence-electron chi connectivity index (χ3n) is 5.77. The highest BCUT2D eigenvalue weighted by molar-refractivity contribution is 7.88. The van der Waals surface area contributed by atoms with Crippen LogP contribution in [0.25, 0.3) is 10.9 Å². The van der Waals surface area contributed by atoms with Crippen molar-refractivity contribution in [2.45, 2.75) is 37.7 Å². The summed E-state index contributed by atoms with van der Waals surface area (Å²) in [5.74, 6) is -0.0641. The fourth-order valence-corrected chi connectivity index (χ4v) is 4.88. The van der Waals surface area contributed by atoms with Crippen LogP contribution < -0.4 is 4.72 Å². The van der Waals surface area contributed by atoms with Crippen molar-refractivity contribution in [2.24, 2.45) is 0 Å². The predicted molar refractivity (Wildman–Crippen MR) is 120 cm³/mol. The number of H-pyrrole nitrogens is 1. The van der Waals surface area contributed by atoms with Gasteiger partial charge in [0.15, 0.2) is 0 Å². The number of ether oxygens (including phenoxy) is 1. The monoisotopic (exact) mass is 441 g/mol. The van der Waals surface area contributed by atoms with Crippen molar-refractivity contribution in [2.75, 3.05) is 13.6 Å². The summed E-state index contributed by atoms with van der Waals surface area (Å²) in [5, 5.41) is 0.994. The molecule has 31 heavy (non-hydrogen) atoms. The predicted octanol–water partition coefficient (Wildman–Crippen LogP) is 3.56. The Balaban J connectivity index is 1.46. The van der Waals surface area contributed by atoms with Gasteiger partial charge in [-0.05, 0) is 55.1 Å². The first-order chi connectivity index (χ1) is 14.9. The number of benzene rings is 2. The van der Waals surface area contributed by atoms with Crippen molar-refractivity contribution in [1.29, 1.82) is 0 Å². The van der Waals surface area contributed by atoms with Crippen LogP contribution in [0, 0.1) is 0 Å².